The number of pyridine rings is 1. The van der Waals surface area contributed by atoms with E-state index in [2.05, 4.69) is 4.98 Å². The quantitative estimate of drug-likeness (QED) is 0.762. The van der Waals surface area contributed by atoms with Gasteiger partial charge in [-0.05, 0) is 23.8 Å². The van der Waals surface area contributed by atoms with E-state index in [9.17, 15) is 14.7 Å². The molecule has 0 fully saturated rings. The molecular weight excluding hydrogens is 318 g/mol. The van der Waals surface area contributed by atoms with Crippen LogP contribution in [0.2, 0.25) is 0 Å². The van der Waals surface area contributed by atoms with E-state index >= 15 is 0 Å². The van der Waals surface area contributed by atoms with Gasteiger partial charge in [-0.3, -0.25) is 0 Å². The minimum absolute atomic E-state index is 0.0157. The van der Waals surface area contributed by atoms with E-state index in [0.29, 0.717) is 27.1 Å². The molecule has 0 aliphatic rings. The molecule has 23 heavy (non-hydrogen) atoms. The number of carboxylic acid groups (broad SMARTS) is 2. The standard InChI is InChI=1S/C16H11NO5S/c1-22-10-4-2-8(3-5-10)12-11-6-9(15(18)19)7-17-14(11)23-13(12)16(20)21/h2-7H,1H3,(H,18,19)(H,20,21). The summed E-state index contributed by atoms with van der Waals surface area (Å²) in [4.78, 5) is 27.4. The van der Waals surface area contributed by atoms with E-state index in [4.69, 9.17) is 9.84 Å². The number of methoxy groups -OCH3 is 1. The summed E-state index contributed by atoms with van der Waals surface area (Å²) in [5, 5.41) is 19.1. The van der Waals surface area contributed by atoms with Crippen LogP contribution in [0, 0.1) is 0 Å². The smallest absolute Gasteiger partial charge is 0.346 e. The molecule has 6 nitrogen and oxygen atoms in total. The lowest BCUT2D eigenvalue weighted by Gasteiger charge is -2.05. The molecular formula is C16H11NO5S. The van der Waals surface area contributed by atoms with Gasteiger partial charge in [0.2, 0.25) is 0 Å². The molecule has 2 N–H and O–H groups in total. The van der Waals surface area contributed by atoms with Crippen molar-refractivity contribution in [2.24, 2.45) is 0 Å². The summed E-state index contributed by atoms with van der Waals surface area (Å²) in [5.41, 5.74) is 1.15. The zero-order valence-electron chi connectivity index (χ0n) is 11.9. The van der Waals surface area contributed by atoms with Gasteiger partial charge in [-0.1, -0.05) is 12.1 Å². The van der Waals surface area contributed by atoms with Crippen molar-refractivity contribution < 1.29 is 24.5 Å². The fourth-order valence-electron chi connectivity index (χ4n) is 2.29. The molecule has 0 spiro atoms. The van der Waals surface area contributed by atoms with Gasteiger partial charge in [-0.2, -0.15) is 0 Å². The van der Waals surface area contributed by atoms with E-state index in [0.717, 1.165) is 11.3 Å². The number of aromatic carboxylic acids is 2. The molecule has 0 atom stereocenters. The Hall–Kier alpha value is -2.93. The van der Waals surface area contributed by atoms with Crippen molar-refractivity contribution in [3.8, 4) is 16.9 Å². The molecule has 3 aromatic rings. The number of carboxylic acids is 2. The Bertz CT molecular complexity index is 914. The number of nitrogens with zero attached hydrogens (tertiary/aromatic N) is 1. The third-order valence-corrected chi connectivity index (χ3v) is 4.47. The Kier molecular flexibility index (Phi) is 3.71. The Morgan fingerprint density at radius 2 is 1.83 bits per heavy atom. The molecule has 0 bridgehead atoms. The molecule has 2 aromatic heterocycles. The average molecular weight is 329 g/mol. The number of fused-ring (bicyclic) bond motifs is 1. The zero-order chi connectivity index (χ0) is 16.6. The summed E-state index contributed by atoms with van der Waals surface area (Å²) in [6.07, 6.45) is 1.23. The van der Waals surface area contributed by atoms with Gasteiger partial charge < -0.3 is 14.9 Å². The van der Waals surface area contributed by atoms with Crippen molar-refractivity contribution in [2.75, 3.05) is 7.11 Å². The molecule has 0 unspecified atom stereocenters. The normalized spacial score (nSPS) is 10.7. The van der Waals surface area contributed by atoms with Gasteiger partial charge in [0, 0.05) is 17.1 Å². The van der Waals surface area contributed by atoms with E-state index < -0.39 is 11.9 Å². The maximum atomic E-state index is 11.5. The van der Waals surface area contributed by atoms with Crippen LogP contribution in [-0.4, -0.2) is 34.2 Å². The maximum absolute atomic E-state index is 11.5. The maximum Gasteiger partial charge on any atom is 0.346 e. The van der Waals surface area contributed by atoms with Crippen molar-refractivity contribution in [3.05, 3.63) is 47.0 Å². The second-order valence-electron chi connectivity index (χ2n) is 4.72. The van der Waals surface area contributed by atoms with Crippen molar-refractivity contribution in [1.82, 2.24) is 4.98 Å². The Morgan fingerprint density at radius 3 is 2.39 bits per heavy atom. The summed E-state index contributed by atoms with van der Waals surface area (Å²) in [7, 11) is 1.54. The lowest BCUT2D eigenvalue weighted by Crippen LogP contribution is -1.97. The predicted octanol–water partition coefficient (Wildman–Crippen LogP) is 3.37. The minimum Gasteiger partial charge on any atom is -0.497 e. The molecule has 1 aromatic carbocycles. The van der Waals surface area contributed by atoms with Crippen LogP contribution >= 0.6 is 11.3 Å². The second kappa shape index (κ2) is 5.69. The highest BCUT2D eigenvalue weighted by Gasteiger charge is 2.21. The first-order chi connectivity index (χ1) is 11.0. The van der Waals surface area contributed by atoms with E-state index in [1.165, 1.54) is 12.3 Å². The number of aromatic nitrogens is 1. The van der Waals surface area contributed by atoms with Gasteiger partial charge in [0.25, 0.3) is 0 Å². The fourth-order valence-corrected chi connectivity index (χ4v) is 3.28. The molecule has 0 saturated heterocycles. The van der Waals surface area contributed by atoms with Crippen molar-refractivity contribution in [1.29, 1.82) is 0 Å². The van der Waals surface area contributed by atoms with Crippen LogP contribution in [0.3, 0.4) is 0 Å². The first-order valence-electron chi connectivity index (χ1n) is 6.55. The number of carbonyl (C=O) groups is 2. The molecule has 0 radical (unpaired) electrons. The molecule has 0 aliphatic heterocycles. The van der Waals surface area contributed by atoms with Gasteiger partial charge in [0.05, 0.1) is 12.7 Å². The highest BCUT2D eigenvalue weighted by atomic mass is 32.1. The summed E-state index contributed by atoms with van der Waals surface area (Å²) in [5.74, 6) is -1.53. The Balaban J connectivity index is 2.29. The largest absolute Gasteiger partial charge is 0.497 e. The Labute approximate surface area is 134 Å². The van der Waals surface area contributed by atoms with Crippen molar-refractivity contribution >= 4 is 33.5 Å². The van der Waals surface area contributed by atoms with Crippen LogP contribution < -0.4 is 4.74 Å². The van der Waals surface area contributed by atoms with Gasteiger partial charge in [-0.15, -0.1) is 11.3 Å². The average Bonchev–Trinajstić information content (AvgIpc) is 2.93. The number of rotatable bonds is 4. The van der Waals surface area contributed by atoms with Crippen LogP contribution in [0.25, 0.3) is 21.3 Å². The number of hydrogen-bond donors (Lipinski definition) is 2. The summed E-state index contributed by atoms with van der Waals surface area (Å²) < 4.78 is 5.10. The van der Waals surface area contributed by atoms with Crippen molar-refractivity contribution in [2.45, 2.75) is 0 Å². The van der Waals surface area contributed by atoms with E-state index in [1.807, 2.05) is 0 Å². The van der Waals surface area contributed by atoms with Gasteiger partial charge in [-0.25, -0.2) is 14.6 Å². The highest BCUT2D eigenvalue weighted by molar-refractivity contribution is 7.21. The summed E-state index contributed by atoms with van der Waals surface area (Å²) >= 11 is 1.02. The third-order valence-electron chi connectivity index (χ3n) is 3.37. The lowest BCUT2D eigenvalue weighted by molar-refractivity contribution is 0.0689. The van der Waals surface area contributed by atoms with Crippen LogP contribution in [0.15, 0.2) is 36.5 Å². The topological polar surface area (TPSA) is 96.7 Å². The lowest BCUT2D eigenvalue weighted by atomic mass is 10.0. The second-order valence-corrected chi connectivity index (χ2v) is 5.72. The monoisotopic (exact) mass is 329 g/mol. The Morgan fingerprint density at radius 1 is 1.13 bits per heavy atom. The zero-order valence-corrected chi connectivity index (χ0v) is 12.8. The van der Waals surface area contributed by atoms with Gasteiger partial charge >= 0.3 is 11.9 Å². The number of benzene rings is 1. The minimum atomic E-state index is -1.11. The van der Waals surface area contributed by atoms with E-state index in [-0.39, 0.29) is 10.4 Å². The molecule has 0 aliphatic carbocycles. The van der Waals surface area contributed by atoms with Crippen molar-refractivity contribution in [3.63, 3.8) is 0 Å². The molecule has 116 valence electrons. The van der Waals surface area contributed by atoms with Crippen LogP contribution in [0.5, 0.6) is 5.75 Å². The first-order valence-corrected chi connectivity index (χ1v) is 7.36. The summed E-state index contributed by atoms with van der Waals surface area (Å²) in [6.45, 7) is 0. The van der Waals surface area contributed by atoms with E-state index in [1.54, 1.807) is 31.4 Å². The molecule has 0 amide bonds. The number of thiophene rings is 1. The molecule has 2 heterocycles. The van der Waals surface area contributed by atoms with Crippen LogP contribution in [0.1, 0.15) is 20.0 Å². The third kappa shape index (κ3) is 2.62. The van der Waals surface area contributed by atoms with Gasteiger partial charge in [0.1, 0.15) is 15.5 Å². The first kappa shape index (κ1) is 15.0. The van der Waals surface area contributed by atoms with Crippen LogP contribution in [-0.2, 0) is 0 Å². The number of ether oxygens (including phenoxy) is 1. The summed E-state index contributed by atoms with van der Waals surface area (Å²) in [6, 6.07) is 8.37. The molecule has 0 saturated carbocycles. The molecule has 3 rings (SSSR count). The molecule has 7 heteroatoms. The predicted molar refractivity (Wildman–Crippen MR) is 85.5 cm³/mol. The fraction of sp³-hybridized carbons (Fsp3) is 0.0625. The highest BCUT2D eigenvalue weighted by Crippen LogP contribution is 2.38. The number of hydrogen-bond acceptors (Lipinski definition) is 5. The van der Waals surface area contributed by atoms with Crippen LogP contribution in [0.4, 0.5) is 0 Å². The SMILES string of the molecule is COc1ccc(-c2c(C(=O)O)sc3ncc(C(=O)O)cc23)cc1. The van der Waals surface area contributed by atoms with Gasteiger partial charge in [0.15, 0.2) is 0 Å².